The highest BCUT2D eigenvalue weighted by Crippen LogP contribution is 2.29. The summed E-state index contributed by atoms with van der Waals surface area (Å²) in [5.74, 6) is 0.324. The summed E-state index contributed by atoms with van der Waals surface area (Å²) in [4.78, 5) is 21.4. The number of anilines is 2. The molecule has 0 radical (unpaired) electrons. The lowest BCUT2D eigenvalue weighted by atomic mass is 9.86. The summed E-state index contributed by atoms with van der Waals surface area (Å²) in [5, 5.41) is 6.38. The number of nitrogens with one attached hydrogen (secondary N) is 2. The molecule has 1 saturated carbocycles. The Morgan fingerprint density at radius 3 is 2.54 bits per heavy atom. The summed E-state index contributed by atoms with van der Waals surface area (Å²) < 4.78 is 0. The minimum Gasteiger partial charge on any atom is -0.351 e. The second kappa shape index (κ2) is 7.85. The van der Waals surface area contributed by atoms with Crippen molar-refractivity contribution in [3.63, 3.8) is 0 Å². The predicted molar refractivity (Wildman–Crippen MR) is 106 cm³/mol. The topological polar surface area (TPSA) is 66.9 Å². The van der Waals surface area contributed by atoms with E-state index in [4.69, 9.17) is 0 Å². The number of rotatable bonds is 4. The van der Waals surface area contributed by atoms with E-state index >= 15 is 0 Å². The quantitative estimate of drug-likeness (QED) is 0.832. The average Bonchev–Trinajstić information content (AvgIpc) is 2.62. The van der Waals surface area contributed by atoms with Crippen LogP contribution in [0, 0.1) is 0 Å². The van der Waals surface area contributed by atoms with Gasteiger partial charge in [-0.2, -0.15) is 0 Å². The molecular weight excluding hydrogens is 324 g/mol. The van der Waals surface area contributed by atoms with Crippen LogP contribution < -0.4 is 10.6 Å². The lowest BCUT2D eigenvalue weighted by Gasteiger charge is -2.23. The van der Waals surface area contributed by atoms with Gasteiger partial charge in [-0.3, -0.25) is 4.79 Å². The van der Waals surface area contributed by atoms with Crippen molar-refractivity contribution < 1.29 is 4.79 Å². The second-order valence-corrected chi connectivity index (χ2v) is 7.99. The fourth-order valence-electron chi connectivity index (χ4n) is 3.42. The van der Waals surface area contributed by atoms with E-state index in [-0.39, 0.29) is 11.3 Å². The van der Waals surface area contributed by atoms with Crippen LogP contribution in [0.25, 0.3) is 0 Å². The highest BCUT2D eigenvalue weighted by atomic mass is 16.1. The molecule has 1 heterocycles. The van der Waals surface area contributed by atoms with E-state index in [2.05, 4.69) is 41.4 Å². The Kier molecular flexibility index (Phi) is 5.55. The summed E-state index contributed by atoms with van der Waals surface area (Å²) in [6.07, 6.45) is 7.69. The number of carbonyl (C=O) groups is 1. The predicted octanol–water partition coefficient (Wildman–Crippen LogP) is 4.77. The molecule has 1 aromatic carbocycles. The molecule has 0 unspecified atom stereocenters. The maximum absolute atomic E-state index is 12.7. The monoisotopic (exact) mass is 352 g/mol. The van der Waals surface area contributed by atoms with Crippen molar-refractivity contribution in [2.24, 2.45) is 0 Å². The fraction of sp³-hybridized carbons (Fsp3) is 0.476. The molecular formula is C21H28N4O. The Morgan fingerprint density at radius 2 is 1.81 bits per heavy atom. The van der Waals surface area contributed by atoms with Crippen LogP contribution in [0.2, 0.25) is 0 Å². The number of hydrogen-bond donors (Lipinski definition) is 2. The zero-order chi connectivity index (χ0) is 18.6. The minimum absolute atomic E-state index is 0.0523. The van der Waals surface area contributed by atoms with Gasteiger partial charge in [0.15, 0.2) is 0 Å². The van der Waals surface area contributed by atoms with E-state index in [1.165, 1.54) is 19.3 Å². The second-order valence-electron chi connectivity index (χ2n) is 7.99. The van der Waals surface area contributed by atoms with Crippen LogP contribution in [0.3, 0.4) is 0 Å². The summed E-state index contributed by atoms with van der Waals surface area (Å²) in [6.45, 7) is 6.40. The molecule has 1 fully saturated rings. The number of aromatic nitrogens is 2. The van der Waals surface area contributed by atoms with Crippen LogP contribution >= 0.6 is 0 Å². The molecule has 3 rings (SSSR count). The highest BCUT2D eigenvalue weighted by molar-refractivity contribution is 6.03. The van der Waals surface area contributed by atoms with Gasteiger partial charge >= 0.3 is 0 Å². The standard InChI is InChI=1S/C21H28N4O/c1-21(2,3)16-11-7-8-12-17(16)24-19(26)18-13-14-22-20(25-18)23-15-9-5-4-6-10-15/h7-8,11-15H,4-6,9-10H2,1-3H3,(H,24,26)(H,22,23,25). The third-order valence-electron chi connectivity index (χ3n) is 4.81. The molecule has 0 spiro atoms. The van der Waals surface area contributed by atoms with Crippen LogP contribution in [-0.2, 0) is 5.41 Å². The SMILES string of the molecule is CC(C)(C)c1ccccc1NC(=O)c1ccnc(NC2CCCCC2)n1. The third-order valence-corrected chi connectivity index (χ3v) is 4.81. The zero-order valence-corrected chi connectivity index (χ0v) is 15.9. The first-order valence-corrected chi connectivity index (χ1v) is 9.44. The molecule has 0 aliphatic heterocycles. The lowest BCUT2D eigenvalue weighted by Crippen LogP contribution is -2.24. The summed E-state index contributed by atoms with van der Waals surface area (Å²) in [5.41, 5.74) is 2.25. The Balaban J connectivity index is 1.73. The Morgan fingerprint density at radius 1 is 1.08 bits per heavy atom. The van der Waals surface area contributed by atoms with Gasteiger partial charge in [-0.1, -0.05) is 58.2 Å². The molecule has 26 heavy (non-hydrogen) atoms. The largest absolute Gasteiger partial charge is 0.351 e. The zero-order valence-electron chi connectivity index (χ0n) is 15.9. The third kappa shape index (κ3) is 4.59. The Labute approximate surface area is 155 Å². The van der Waals surface area contributed by atoms with Gasteiger partial charge in [-0.25, -0.2) is 9.97 Å². The number of carbonyl (C=O) groups excluding carboxylic acids is 1. The normalized spacial score (nSPS) is 15.5. The molecule has 1 aromatic heterocycles. The molecule has 2 N–H and O–H groups in total. The lowest BCUT2D eigenvalue weighted by molar-refractivity contribution is 0.102. The van der Waals surface area contributed by atoms with Gasteiger partial charge in [-0.15, -0.1) is 0 Å². The van der Waals surface area contributed by atoms with Crippen LogP contribution in [0.5, 0.6) is 0 Å². The van der Waals surface area contributed by atoms with Crippen LogP contribution in [0.1, 0.15) is 68.9 Å². The van der Waals surface area contributed by atoms with E-state index in [9.17, 15) is 4.79 Å². The van der Waals surface area contributed by atoms with E-state index in [1.807, 2.05) is 24.3 Å². The number of amides is 1. The van der Waals surface area contributed by atoms with Gasteiger partial charge in [0.1, 0.15) is 5.69 Å². The van der Waals surface area contributed by atoms with Gasteiger partial charge in [0.05, 0.1) is 0 Å². The Hall–Kier alpha value is -2.43. The van der Waals surface area contributed by atoms with Crippen molar-refractivity contribution >= 4 is 17.5 Å². The highest BCUT2D eigenvalue weighted by Gasteiger charge is 2.20. The van der Waals surface area contributed by atoms with Crippen LogP contribution in [-0.4, -0.2) is 21.9 Å². The maximum Gasteiger partial charge on any atom is 0.274 e. The van der Waals surface area contributed by atoms with Gasteiger partial charge in [0.25, 0.3) is 5.91 Å². The summed E-state index contributed by atoms with van der Waals surface area (Å²) in [6, 6.07) is 9.96. The molecule has 1 aliphatic rings. The van der Waals surface area contributed by atoms with Crippen molar-refractivity contribution in [1.29, 1.82) is 0 Å². The van der Waals surface area contributed by atoms with E-state index in [0.29, 0.717) is 17.7 Å². The van der Waals surface area contributed by atoms with Crippen molar-refractivity contribution in [2.75, 3.05) is 10.6 Å². The van der Waals surface area contributed by atoms with Crippen LogP contribution in [0.15, 0.2) is 36.5 Å². The number of hydrogen-bond acceptors (Lipinski definition) is 4. The Bertz CT molecular complexity index is 761. The minimum atomic E-state index is -0.212. The van der Waals surface area contributed by atoms with E-state index < -0.39 is 0 Å². The summed E-state index contributed by atoms with van der Waals surface area (Å²) in [7, 11) is 0. The summed E-state index contributed by atoms with van der Waals surface area (Å²) >= 11 is 0. The van der Waals surface area contributed by atoms with Gasteiger partial charge < -0.3 is 10.6 Å². The first kappa shape index (κ1) is 18.4. The number of nitrogens with zero attached hydrogens (tertiary/aromatic N) is 2. The number of para-hydroxylation sites is 1. The van der Waals surface area contributed by atoms with Crippen molar-refractivity contribution in [2.45, 2.75) is 64.3 Å². The van der Waals surface area contributed by atoms with Crippen molar-refractivity contribution in [1.82, 2.24) is 9.97 Å². The smallest absolute Gasteiger partial charge is 0.274 e. The fourth-order valence-corrected chi connectivity index (χ4v) is 3.42. The molecule has 0 atom stereocenters. The first-order chi connectivity index (χ1) is 12.4. The molecule has 0 saturated heterocycles. The number of benzene rings is 1. The molecule has 5 heteroatoms. The molecule has 2 aromatic rings. The van der Waals surface area contributed by atoms with E-state index in [0.717, 1.165) is 24.1 Å². The molecule has 5 nitrogen and oxygen atoms in total. The average molecular weight is 352 g/mol. The molecule has 1 aliphatic carbocycles. The van der Waals surface area contributed by atoms with Crippen molar-refractivity contribution in [3.8, 4) is 0 Å². The molecule has 138 valence electrons. The van der Waals surface area contributed by atoms with Crippen molar-refractivity contribution in [3.05, 3.63) is 47.8 Å². The van der Waals surface area contributed by atoms with Gasteiger partial charge in [0.2, 0.25) is 5.95 Å². The molecule has 0 bridgehead atoms. The van der Waals surface area contributed by atoms with Gasteiger partial charge in [0, 0.05) is 17.9 Å². The molecule has 1 amide bonds. The van der Waals surface area contributed by atoms with E-state index in [1.54, 1.807) is 12.3 Å². The van der Waals surface area contributed by atoms with Gasteiger partial charge in [-0.05, 0) is 36.0 Å². The first-order valence-electron chi connectivity index (χ1n) is 9.44. The maximum atomic E-state index is 12.7. The van der Waals surface area contributed by atoms with Crippen LogP contribution in [0.4, 0.5) is 11.6 Å².